The van der Waals surface area contributed by atoms with Crippen LogP contribution in [-0.4, -0.2) is 22.0 Å². The minimum atomic E-state index is -0.603. The molecule has 1 aromatic carbocycles. The van der Waals surface area contributed by atoms with Crippen LogP contribution in [0.4, 0.5) is 0 Å². The zero-order valence-corrected chi connectivity index (χ0v) is 13.0. The Labute approximate surface area is 132 Å². The minimum absolute atomic E-state index is 0.0586. The second-order valence-corrected chi connectivity index (χ2v) is 5.16. The molecule has 2 rings (SSSR count). The molecule has 0 unspecified atom stereocenters. The van der Waals surface area contributed by atoms with Crippen molar-refractivity contribution in [1.82, 2.24) is 15.3 Å². The van der Waals surface area contributed by atoms with Gasteiger partial charge in [-0.05, 0) is 37.6 Å². The van der Waals surface area contributed by atoms with E-state index in [1.54, 1.807) is 24.3 Å². The Morgan fingerprint density at radius 3 is 2.52 bits per heavy atom. The summed E-state index contributed by atoms with van der Waals surface area (Å²) in [6, 6.07) is 8.01. The van der Waals surface area contributed by atoms with Crippen molar-refractivity contribution in [2.24, 2.45) is 0 Å². The van der Waals surface area contributed by atoms with Gasteiger partial charge in [-0.3, -0.25) is 14.6 Å². The lowest BCUT2D eigenvalue weighted by Crippen LogP contribution is -2.28. The van der Waals surface area contributed by atoms with E-state index in [4.69, 9.17) is 4.74 Å². The summed E-state index contributed by atoms with van der Waals surface area (Å²) in [5, 5.41) is 2.64. The summed E-state index contributed by atoms with van der Waals surface area (Å²) in [7, 11) is 0. The molecule has 1 atom stereocenters. The molecule has 7 heteroatoms. The average molecular weight is 317 g/mol. The van der Waals surface area contributed by atoms with Crippen LogP contribution in [-0.2, 0) is 6.54 Å². The molecule has 0 aliphatic rings. The van der Waals surface area contributed by atoms with Gasteiger partial charge in [0, 0.05) is 17.3 Å². The summed E-state index contributed by atoms with van der Waals surface area (Å²) in [5.41, 5.74) is -0.310. The molecule has 23 heavy (non-hydrogen) atoms. The van der Waals surface area contributed by atoms with Crippen LogP contribution in [0.5, 0.6) is 5.75 Å². The molecular weight excluding hydrogens is 298 g/mol. The van der Waals surface area contributed by atoms with E-state index in [9.17, 15) is 14.4 Å². The van der Waals surface area contributed by atoms with E-state index in [2.05, 4.69) is 15.3 Å². The van der Waals surface area contributed by atoms with E-state index >= 15 is 0 Å². The molecule has 0 bridgehead atoms. The monoisotopic (exact) mass is 317 g/mol. The van der Waals surface area contributed by atoms with Gasteiger partial charge in [0.1, 0.15) is 5.75 Å². The predicted molar refractivity (Wildman–Crippen MR) is 85.7 cm³/mol. The topological polar surface area (TPSA) is 104 Å². The summed E-state index contributed by atoms with van der Waals surface area (Å²) in [6.07, 6.45) is 1.01. The highest BCUT2D eigenvalue weighted by molar-refractivity contribution is 5.94. The number of aromatic nitrogens is 2. The van der Waals surface area contributed by atoms with Crippen LogP contribution in [0.15, 0.2) is 39.9 Å². The normalized spacial score (nSPS) is 11.7. The molecule has 0 radical (unpaired) electrons. The molecule has 3 N–H and O–H groups in total. The highest BCUT2D eigenvalue weighted by Gasteiger charge is 2.07. The second kappa shape index (κ2) is 7.44. The number of amides is 1. The number of carbonyl (C=O) groups excluding carboxylic acids is 1. The molecule has 0 saturated carbocycles. The summed E-state index contributed by atoms with van der Waals surface area (Å²) in [5.74, 6) is 0.399. The molecule has 122 valence electrons. The highest BCUT2D eigenvalue weighted by Crippen LogP contribution is 2.14. The maximum Gasteiger partial charge on any atom is 0.325 e. The van der Waals surface area contributed by atoms with Gasteiger partial charge in [-0.15, -0.1) is 0 Å². The Morgan fingerprint density at radius 2 is 1.91 bits per heavy atom. The van der Waals surface area contributed by atoms with Gasteiger partial charge in [-0.25, -0.2) is 4.79 Å². The van der Waals surface area contributed by atoms with Crippen molar-refractivity contribution in [3.05, 3.63) is 62.4 Å². The number of benzene rings is 1. The molecule has 0 spiro atoms. The van der Waals surface area contributed by atoms with Crippen molar-refractivity contribution in [1.29, 1.82) is 0 Å². The number of nitrogens with one attached hydrogen (secondary N) is 3. The molecular formula is C16H19N3O4. The smallest absolute Gasteiger partial charge is 0.325 e. The van der Waals surface area contributed by atoms with Gasteiger partial charge >= 0.3 is 5.69 Å². The van der Waals surface area contributed by atoms with E-state index < -0.39 is 11.2 Å². The fourth-order valence-corrected chi connectivity index (χ4v) is 1.89. The van der Waals surface area contributed by atoms with Crippen LogP contribution in [0.1, 0.15) is 36.3 Å². The van der Waals surface area contributed by atoms with Crippen LogP contribution in [0, 0.1) is 0 Å². The zero-order chi connectivity index (χ0) is 16.8. The van der Waals surface area contributed by atoms with E-state index in [0.717, 1.165) is 6.42 Å². The van der Waals surface area contributed by atoms with Gasteiger partial charge in [0.2, 0.25) is 0 Å². The number of ether oxygens (including phenoxy) is 1. The Hall–Kier alpha value is -2.83. The summed E-state index contributed by atoms with van der Waals surface area (Å²) in [4.78, 5) is 38.9. The summed E-state index contributed by atoms with van der Waals surface area (Å²) in [6.45, 7) is 4.07. The van der Waals surface area contributed by atoms with Crippen LogP contribution < -0.4 is 21.3 Å². The quantitative estimate of drug-likeness (QED) is 0.744. The number of hydrogen-bond acceptors (Lipinski definition) is 4. The van der Waals surface area contributed by atoms with Gasteiger partial charge in [0.25, 0.3) is 11.5 Å². The Bertz CT molecular complexity index is 749. The third-order valence-electron chi connectivity index (χ3n) is 3.28. The Morgan fingerprint density at radius 1 is 1.22 bits per heavy atom. The standard InChI is InChI=1S/C16H19N3O4/c1-3-10(2)23-13-6-4-11(5-7-13)15(21)17-9-12-8-14(20)19-16(22)18-12/h4-8,10H,3,9H2,1-2H3,(H,17,21)(H2,18,19,20,22)/t10-/m0/s1. The number of aromatic amines is 2. The number of H-pyrrole nitrogens is 2. The van der Waals surface area contributed by atoms with Crippen LogP contribution in [0.25, 0.3) is 0 Å². The molecule has 2 aromatic rings. The Balaban J connectivity index is 1.97. The first-order valence-electron chi connectivity index (χ1n) is 7.35. The molecule has 1 heterocycles. The van der Waals surface area contributed by atoms with Gasteiger partial charge < -0.3 is 15.0 Å². The lowest BCUT2D eigenvalue weighted by molar-refractivity contribution is 0.0950. The first kappa shape index (κ1) is 16.5. The van der Waals surface area contributed by atoms with Crippen LogP contribution in [0.2, 0.25) is 0 Å². The van der Waals surface area contributed by atoms with Crippen molar-refractivity contribution >= 4 is 5.91 Å². The summed E-state index contributed by atoms with van der Waals surface area (Å²) < 4.78 is 5.64. The van der Waals surface area contributed by atoms with Crippen molar-refractivity contribution < 1.29 is 9.53 Å². The fourth-order valence-electron chi connectivity index (χ4n) is 1.89. The van der Waals surface area contributed by atoms with Crippen LogP contribution >= 0.6 is 0 Å². The van der Waals surface area contributed by atoms with Crippen molar-refractivity contribution in [2.75, 3.05) is 0 Å². The van der Waals surface area contributed by atoms with Gasteiger partial charge in [-0.2, -0.15) is 0 Å². The minimum Gasteiger partial charge on any atom is -0.491 e. The highest BCUT2D eigenvalue weighted by atomic mass is 16.5. The van der Waals surface area contributed by atoms with E-state index in [0.29, 0.717) is 17.0 Å². The lowest BCUT2D eigenvalue weighted by atomic mass is 10.2. The van der Waals surface area contributed by atoms with Crippen molar-refractivity contribution in [2.45, 2.75) is 32.9 Å². The lowest BCUT2D eigenvalue weighted by Gasteiger charge is -2.12. The largest absolute Gasteiger partial charge is 0.491 e. The Kier molecular flexibility index (Phi) is 5.35. The number of carbonyl (C=O) groups is 1. The van der Waals surface area contributed by atoms with Gasteiger partial charge in [0.05, 0.1) is 12.6 Å². The number of rotatable bonds is 6. The van der Waals surface area contributed by atoms with Crippen molar-refractivity contribution in [3.8, 4) is 5.75 Å². The zero-order valence-electron chi connectivity index (χ0n) is 13.0. The van der Waals surface area contributed by atoms with Crippen molar-refractivity contribution in [3.63, 3.8) is 0 Å². The molecule has 0 aliphatic heterocycles. The maximum atomic E-state index is 12.0. The number of hydrogen-bond donors (Lipinski definition) is 3. The molecule has 1 amide bonds. The van der Waals surface area contributed by atoms with Gasteiger partial charge in [-0.1, -0.05) is 6.92 Å². The summed E-state index contributed by atoms with van der Waals surface area (Å²) >= 11 is 0. The molecule has 0 fully saturated rings. The second-order valence-electron chi connectivity index (χ2n) is 5.16. The average Bonchev–Trinajstić information content (AvgIpc) is 2.52. The first-order chi connectivity index (χ1) is 11.0. The third kappa shape index (κ3) is 4.84. The maximum absolute atomic E-state index is 12.0. The SMILES string of the molecule is CC[C@H](C)Oc1ccc(C(=O)NCc2cc(=O)[nH]c(=O)[nH]2)cc1. The molecule has 0 aliphatic carbocycles. The van der Waals surface area contributed by atoms with E-state index in [1.165, 1.54) is 6.07 Å². The van der Waals surface area contributed by atoms with E-state index in [1.807, 2.05) is 13.8 Å². The first-order valence-corrected chi connectivity index (χ1v) is 7.35. The molecule has 7 nitrogen and oxygen atoms in total. The van der Waals surface area contributed by atoms with E-state index in [-0.39, 0.29) is 18.6 Å². The molecule has 1 aromatic heterocycles. The predicted octanol–water partition coefficient (Wildman–Crippen LogP) is 1.17. The van der Waals surface area contributed by atoms with Gasteiger partial charge in [0.15, 0.2) is 0 Å². The molecule has 0 saturated heterocycles. The fraction of sp³-hybridized carbons (Fsp3) is 0.312. The van der Waals surface area contributed by atoms with Crippen LogP contribution in [0.3, 0.4) is 0 Å². The third-order valence-corrected chi connectivity index (χ3v) is 3.28.